The highest BCUT2D eigenvalue weighted by Crippen LogP contribution is 2.27. The number of hydrogen-bond donors (Lipinski definition) is 1. The zero-order valence-corrected chi connectivity index (χ0v) is 7.32. The minimum atomic E-state index is 0.521. The second kappa shape index (κ2) is 2.88. The Kier molecular flexibility index (Phi) is 1.72. The second-order valence-corrected chi connectivity index (χ2v) is 3.23. The molecule has 5 nitrogen and oxygen atoms in total. The summed E-state index contributed by atoms with van der Waals surface area (Å²) in [5.41, 5.74) is 6.82. The normalized spacial score (nSPS) is 9.77. The third kappa shape index (κ3) is 1.15. The van der Waals surface area contributed by atoms with Crippen LogP contribution in [0.15, 0.2) is 17.8 Å². The summed E-state index contributed by atoms with van der Waals surface area (Å²) in [6, 6.07) is 2.05. The van der Waals surface area contributed by atoms with E-state index in [0.717, 1.165) is 0 Å². The molecule has 0 amide bonds. The summed E-state index contributed by atoms with van der Waals surface area (Å²) < 4.78 is 1.49. The van der Waals surface area contributed by atoms with Crippen LogP contribution in [-0.4, -0.2) is 15.0 Å². The average molecular weight is 191 g/mol. The summed E-state index contributed by atoms with van der Waals surface area (Å²) in [5.74, 6) is 0. The fourth-order valence-electron chi connectivity index (χ4n) is 1.01. The van der Waals surface area contributed by atoms with Crippen LogP contribution in [0.5, 0.6) is 0 Å². The second-order valence-electron chi connectivity index (χ2n) is 2.32. The van der Waals surface area contributed by atoms with Gasteiger partial charge in [0.1, 0.15) is 16.8 Å². The van der Waals surface area contributed by atoms with Crippen molar-refractivity contribution < 1.29 is 0 Å². The number of nitrogens with zero attached hydrogens (tertiary/aromatic N) is 4. The Hall–Kier alpha value is -1.87. The van der Waals surface area contributed by atoms with Crippen LogP contribution in [0.1, 0.15) is 5.56 Å². The van der Waals surface area contributed by atoms with E-state index < -0.39 is 0 Å². The molecule has 0 aliphatic carbocycles. The molecule has 64 valence electrons. The zero-order valence-electron chi connectivity index (χ0n) is 6.51. The maximum absolute atomic E-state index is 8.77. The van der Waals surface area contributed by atoms with Gasteiger partial charge in [0.2, 0.25) is 0 Å². The lowest BCUT2D eigenvalue weighted by molar-refractivity contribution is 0.805. The number of anilines is 1. The highest BCUT2D eigenvalue weighted by molar-refractivity contribution is 7.14. The van der Waals surface area contributed by atoms with E-state index in [1.807, 2.05) is 6.07 Å². The Morgan fingerprint density at radius 1 is 1.62 bits per heavy atom. The van der Waals surface area contributed by atoms with E-state index in [2.05, 4.69) is 10.3 Å². The van der Waals surface area contributed by atoms with Crippen molar-refractivity contribution in [2.75, 3.05) is 5.73 Å². The maximum Gasteiger partial charge on any atom is 0.118 e. The number of thiophene rings is 1. The monoisotopic (exact) mass is 191 g/mol. The molecule has 0 saturated carbocycles. The predicted octanol–water partition coefficient (Wildman–Crippen LogP) is 0.783. The summed E-state index contributed by atoms with van der Waals surface area (Å²) in [6.45, 7) is 0. The molecule has 0 unspecified atom stereocenters. The van der Waals surface area contributed by atoms with Crippen molar-refractivity contribution in [2.45, 2.75) is 0 Å². The first-order valence-electron chi connectivity index (χ1n) is 3.46. The summed E-state index contributed by atoms with van der Waals surface area (Å²) in [5, 5.41) is 18.5. The van der Waals surface area contributed by atoms with Gasteiger partial charge in [0.25, 0.3) is 0 Å². The Morgan fingerprint density at radius 3 is 3.08 bits per heavy atom. The largest absolute Gasteiger partial charge is 0.389 e. The van der Waals surface area contributed by atoms with Gasteiger partial charge in [0, 0.05) is 5.38 Å². The van der Waals surface area contributed by atoms with E-state index in [-0.39, 0.29) is 0 Å². The first kappa shape index (κ1) is 7.76. The van der Waals surface area contributed by atoms with Crippen molar-refractivity contribution in [3.05, 3.63) is 23.3 Å². The molecule has 6 heteroatoms. The molecule has 2 rings (SSSR count). The molecule has 0 radical (unpaired) electrons. The molecule has 0 fully saturated rings. The molecule has 0 atom stereocenters. The summed E-state index contributed by atoms with van der Waals surface area (Å²) in [7, 11) is 0. The van der Waals surface area contributed by atoms with E-state index in [1.54, 1.807) is 11.6 Å². The van der Waals surface area contributed by atoms with E-state index in [4.69, 9.17) is 11.0 Å². The number of aromatic nitrogens is 3. The van der Waals surface area contributed by atoms with Gasteiger partial charge < -0.3 is 5.73 Å². The van der Waals surface area contributed by atoms with Crippen molar-refractivity contribution in [1.82, 2.24) is 15.0 Å². The lowest BCUT2D eigenvalue weighted by Gasteiger charge is -1.97. The molecule has 0 aliphatic rings. The van der Waals surface area contributed by atoms with E-state index in [1.165, 1.54) is 22.2 Å². The maximum atomic E-state index is 8.77. The molecule has 0 bridgehead atoms. The molecular formula is C7H5N5S. The van der Waals surface area contributed by atoms with Gasteiger partial charge in [0.05, 0.1) is 18.0 Å². The summed E-state index contributed by atoms with van der Waals surface area (Å²) in [6.07, 6.45) is 3.19. The molecule has 2 aromatic heterocycles. The van der Waals surface area contributed by atoms with Crippen LogP contribution in [0, 0.1) is 11.3 Å². The first-order valence-corrected chi connectivity index (χ1v) is 4.34. The molecule has 2 N–H and O–H groups in total. The molecule has 13 heavy (non-hydrogen) atoms. The van der Waals surface area contributed by atoms with Gasteiger partial charge in [-0.15, -0.1) is 16.4 Å². The molecular weight excluding hydrogens is 186 g/mol. The fourth-order valence-corrected chi connectivity index (χ4v) is 1.73. The van der Waals surface area contributed by atoms with Gasteiger partial charge >= 0.3 is 0 Å². The van der Waals surface area contributed by atoms with Gasteiger partial charge in [0.15, 0.2) is 0 Å². The quantitative estimate of drug-likeness (QED) is 0.722. The number of hydrogen-bond acceptors (Lipinski definition) is 5. The number of rotatable bonds is 1. The zero-order chi connectivity index (χ0) is 9.26. The van der Waals surface area contributed by atoms with Crippen LogP contribution in [0.2, 0.25) is 0 Å². The van der Waals surface area contributed by atoms with Gasteiger partial charge in [-0.25, -0.2) is 4.68 Å². The van der Waals surface area contributed by atoms with Gasteiger partial charge in [-0.1, -0.05) is 5.21 Å². The van der Waals surface area contributed by atoms with E-state index in [0.29, 0.717) is 16.3 Å². The minimum absolute atomic E-state index is 0.521. The summed E-state index contributed by atoms with van der Waals surface area (Å²) in [4.78, 5) is 0. The first-order chi connectivity index (χ1) is 6.33. The lowest BCUT2D eigenvalue weighted by Crippen LogP contribution is -1.99. The highest BCUT2D eigenvalue weighted by Gasteiger charge is 2.11. The van der Waals surface area contributed by atoms with Crippen LogP contribution >= 0.6 is 11.3 Å². The Morgan fingerprint density at radius 2 is 2.46 bits per heavy atom. The molecule has 2 heterocycles. The highest BCUT2D eigenvalue weighted by atomic mass is 32.1. The lowest BCUT2D eigenvalue weighted by atomic mass is 10.3. The summed E-state index contributed by atoms with van der Waals surface area (Å²) >= 11 is 1.32. The third-order valence-electron chi connectivity index (χ3n) is 1.56. The molecule has 0 spiro atoms. The van der Waals surface area contributed by atoms with E-state index >= 15 is 0 Å². The molecule has 0 aliphatic heterocycles. The average Bonchev–Trinajstić information content (AvgIpc) is 2.72. The van der Waals surface area contributed by atoms with Crippen molar-refractivity contribution in [2.24, 2.45) is 0 Å². The van der Waals surface area contributed by atoms with Crippen LogP contribution in [0.4, 0.5) is 5.00 Å². The molecule has 0 aromatic carbocycles. The van der Waals surface area contributed by atoms with Crippen LogP contribution in [-0.2, 0) is 0 Å². The standard InChI is InChI=1S/C7H5N5S/c8-3-5-4-13-7(9)6(5)12-2-1-10-11-12/h1-2,4H,9H2. The van der Waals surface area contributed by atoms with Gasteiger partial charge in [-0.2, -0.15) is 5.26 Å². The third-order valence-corrected chi connectivity index (χ3v) is 2.37. The number of nitrogens with two attached hydrogens (primary N) is 1. The van der Waals surface area contributed by atoms with Crippen LogP contribution in [0.3, 0.4) is 0 Å². The van der Waals surface area contributed by atoms with Crippen LogP contribution < -0.4 is 5.73 Å². The van der Waals surface area contributed by atoms with Gasteiger partial charge in [-0.3, -0.25) is 0 Å². The van der Waals surface area contributed by atoms with Crippen molar-refractivity contribution in [3.8, 4) is 11.8 Å². The number of nitrogen functional groups attached to an aromatic ring is 1. The molecule has 0 saturated heterocycles. The Bertz CT molecular complexity index is 450. The van der Waals surface area contributed by atoms with Crippen molar-refractivity contribution in [3.63, 3.8) is 0 Å². The van der Waals surface area contributed by atoms with Gasteiger partial charge in [-0.05, 0) is 0 Å². The fraction of sp³-hybridized carbons (Fsp3) is 0. The Balaban J connectivity index is 2.64. The van der Waals surface area contributed by atoms with E-state index in [9.17, 15) is 0 Å². The van der Waals surface area contributed by atoms with Crippen molar-refractivity contribution in [1.29, 1.82) is 5.26 Å². The Labute approximate surface area is 78.0 Å². The predicted molar refractivity (Wildman–Crippen MR) is 48.4 cm³/mol. The smallest absolute Gasteiger partial charge is 0.118 e. The van der Waals surface area contributed by atoms with Crippen LogP contribution in [0.25, 0.3) is 5.69 Å². The minimum Gasteiger partial charge on any atom is -0.389 e. The topological polar surface area (TPSA) is 80.5 Å². The SMILES string of the molecule is N#Cc1csc(N)c1-n1ccnn1. The van der Waals surface area contributed by atoms with Crippen molar-refractivity contribution >= 4 is 16.3 Å². The molecule has 2 aromatic rings. The number of nitriles is 1.